The number of halogens is 6. The molecule has 0 saturated carbocycles. The molecular formula is C29H22F6N2O3. The fraction of sp³-hybridized carbons (Fsp3) is 0.241. The minimum atomic E-state index is -6.05. The largest absolute Gasteiger partial charge is 0.430 e. The van der Waals surface area contributed by atoms with E-state index >= 15 is 0 Å². The molecule has 0 atom stereocenters. The number of hydrogen-bond donors (Lipinski definition) is 2. The Hall–Kier alpha value is -4.14. The van der Waals surface area contributed by atoms with E-state index in [4.69, 9.17) is 0 Å². The lowest BCUT2D eigenvalue weighted by Gasteiger charge is -2.32. The lowest BCUT2D eigenvalue weighted by atomic mass is 9.92. The summed E-state index contributed by atoms with van der Waals surface area (Å²) in [6, 6.07) is 16.2. The van der Waals surface area contributed by atoms with Crippen LogP contribution < -0.4 is 5.56 Å². The van der Waals surface area contributed by atoms with Gasteiger partial charge in [0.1, 0.15) is 11.4 Å². The summed E-state index contributed by atoms with van der Waals surface area (Å²) in [5, 5.41) is 19.7. The van der Waals surface area contributed by atoms with Crippen molar-refractivity contribution in [2.45, 2.75) is 43.8 Å². The topological polar surface area (TPSA) is 75.3 Å². The molecule has 0 amide bonds. The van der Waals surface area contributed by atoms with Crippen molar-refractivity contribution < 1.29 is 36.6 Å². The van der Waals surface area contributed by atoms with Gasteiger partial charge >= 0.3 is 12.4 Å². The third-order valence-electron chi connectivity index (χ3n) is 6.02. The Labute approximate surface area is 224 Å². The summed E-state index contributed by atoms with van der Waals surface area (Å²) in [4.78, 5) is 18.3. The molecular weight excluding hydrogens is 538 g/mol. The molecule has 0 bridgehead atoms. The first-order chi connectivity index (χ1) is 18.5. The number of hydrogen-bond acceptors (Lipinski definition) is 4. The Balaban J connectivity index is 1.92. The number of aromatic nitrogens is 2. The van der Waals surface area contributed by atoms with E-state index in [9.17, 15) is 41.4 Å². The first-order valence-corrected chi connectivity index (χ1v) is 11.8. The number of alkyl halides is 6. The van der Waals surface area contributed by atoms with Gasteiger partial charge in [-0.25, -0.2) is 4.98 Å². The van der Waals surface area contributed by atoms with Crippen molar-refractivity contribution in [1.82, 2.24) is 9.55 Å². The van der Waals surface area contributed by atoms with Crippen LogP contribution in [0.3, 0.4) is 0 Å². The van der Waals surface area contributed by atoms with Gasteiger partial charge in [-0.15, -0.1) is 0 Å². The van der Waals surface area contributed by atoms with E-state index in [1.807, 2.05) is 0 Å². The van der Waals surface area contributed by atoms with Gasteiger partial charge in [-0.3, -0.25) is 9.36 Å². The highest BCUT2D eigenvalue weighted by atomic mass is 19.4. The van der Waals surface area contributed by atoms with Gasteiger partial charge < -0.3 is 10.2 Å². The molecule has 208 valence electrons. The maximum Gasteiger partial charge on any atom is 0.430 e. The van der Waals surface area contributed by atoms with Crippen molar-refractivity contribution in [3.63, 3.8) is 0 Å². The lowest BCUT2D eigenvalue weighted by molar-refractivity contribution is -0.376. The fourth-order valence-corrected chi connectivity index (χ4v) is 4.04. The molecule has 0 spiro atoms. The number of benzene rings is 3. The molecule has 0 radical (unpaired) electrons. The second-order valence-electron chi connectivity index (χ2n) is 9.62. The predicted molar refractivity (Wildman–Crippen MR) is 136 cm³/mol. The van der Waals surface area contributed by atoms with Crippen molar-refractivity contribution in [3.05, 3.63) is 106 Å². The normalized spacial score (nSPS) is 12.8. The summed E-state index contributed by atoms with van der Waals surface area (Å²) >= 11 is 0. The molecule has 0 saturated heterocycles. The summed E-state index contributed by atoms with van der Waals surface area (Å²) in [5.74, 6) is 5.55. The summed E-state index contributed by atoms with van der Waals surface area (Å²) in [7, 11) is 0. The molecule has 0 aliphatic carbocycles. The SMILES string of the molecule is CC(C)(O)C#Cc1ccc2nc(Cc3ccccc3)n(-c3ccc(C(O)(C(F)(F)F)C(F)(F)F)cc3)c(=O)c2c1. The Morgan fingerprint density at radius 3 is 2.00 bits per heavy atom. The third-order valence-corrected chi connectivity index (χ3v) is 6.02. The minimum absolute atomic E-state index is 0.0613. The first kappa shape index (κ1) is 28.9. The average Bonchev–Trinajstić information content (AvgIpc) is 2.86. The molecule has 4 aromatic rings. The van der Waals surface area contributed by atoms with Crippen LogP contribution in [-0.4, -0.2) is 37.7 Å². The fourth-order valence-electron chi connectivity index (χ4n) is 4.04. The monoisotopic (exact) mass is 560 g/mol. The maximum absolute atomic E-state index is 13.7. The summed E-state index contributed by atoms with van der Waals surface area (Å²) in [6.45, 7) is 2.96. The molecule has 40 heavy (non-hydrogen) atoms. The van der Waals surface area contributed by atoms with Crippen LogP contribution in [0.4, 0.5) is 26.3 Å². The maximum atomic E-state index is 13.7. The molecule has 0 aliphatic heterocycles. The van der Waals surface area contributed by atoms with E-state index < -0.39 is 34.7 Å². The molecule has 3 aromatic carbocycles. The highest BCUT2D eigenvalue weighted by Gasteiger charge is 2.71. The van der Waals surface area contributed by atoms with Crippen LogP contribution in [0.15, 0.2) is 77.6 Å². The Morgan fingerprint density at radius 1 is 0.850 bits per heavy atom. The van der Waals surface area contributed by atoms with Crippen LogP contribution in [0.2, 0.25) is 0 Å². The standard InChI is InChI=1S/C29H22F6N2O3/c1-26(2,39)15-14-19-8-13-23-22(16-19)25(38)37(24(36-23)17-18-6-4-3-5-7-18)21-11-9-20(10-12-21)27(40,28(30,31)32)29(33,34)35/h3-13,16,39-40H,17H2,1-2H3. The van der Waals surface area contributed by atoms with Crippen molar-refractivity contribution >= 4 is 10.9 Å². The summed E-state index contributed by atoms with van der Waals surface area (Å²) < 4.78 is 81.3. The first-order valence-electron chi connectivity index (χ1n) is 11.8. The average molecular weight is 560 g/mol. The zero-order chi connectivity index (χ0) is 29.5. The molecule has 1 aromatic heterocycles. The molecule has 4 rings (SSSR count). The molecule has 0 unspecified atom stereocenters. The van der Waals surface area contributed by atoms with Crippen LogP contribution >= 0.6 is 0 Å². The number of aliphatic hydroxyl groups is 2. The zero-order valence-corrected chi connectivity index (χ0v) is 21.1. The zero-order valence-electron chi connectivity index (χ0n) is 21.1. The van der Waals surface area contributed by atoms with Gasteiger partial charge in [-0.1, -0.05) is 54.3 Å². The second-order valence-corrected chi connectivity index (χ2v) is 9.62. The molecule has 2 N–H and O–H groups in total. The van der Waals surface area contributed by atoms with Gasteiger partial charge in [-0.05, 0) is 49.7 Å². The quantitative estimate of drug-likeness (QED) is 0.259. The van der Waals surface area contributed by atoms with Gasteiger partial charge in [0.15, 0.2) is 0 Å². The van der Waals surface area contributed by atoms with Crippen LogP contribution in [0.25, 0.3) is 16.6 Å². The van der Waals surface area contributed by atoms with Gasteiger partial charge in [-0.2, -0.15) is 26.3 Å². The second kappa shape index (κ2) is 10.1. The predicted octanol–water partition coefficient (Wildman–Crippen LogP) is 5.41. The Kier molecular flexibility index (Phi) is 7.30. The van der Waals surface area contributed by atoms with Crippen LogP contribution in [-0.2, 0) is 12.0 Å². The molecule has 11 heteroatoms. The smallest absolute Gasteiger partial charge is 0.378 e. The van der Waals surface area contributed by atoms with E-state index in [1.165, 1.54) is 19.9 Å². The van der Waals surface area contributed by atoms with Gasteiger partial charge in [0.05, 0.1) is 16.6 Å². The Bertz CT molecular complexity index is 1640. The molecule has 0 fully saturated rings. The molecule has 0 aliphatic rings. The lowest BCUT2D eigenvalue weighted by Crippen LogP contribution is -2.53. The summed E-state index contributed by atoms with van der Waals surface area (Å²) in [5.41, 5.74) is -7.14. The van der Waals surface area contributed by atoms with E-state index in [0.717, 1.165) is 22.3 Å². The van der Waals surface area contributed by atoms with Gasteiger partial charge in [0.25, 0.3) is 11.2 Å². The van der Waals surface area contributed by atoms with Crippen LogP contribution in [0, 0.1) is 11.8 Å². The molecule has 1 heterocycles. The minimum Gasteiger partial charge on any atom is -0.378 e. The van der Waals surface area contributed by atoms with Crippen molar-refractivity contribution in [2.75, 3.05) is 0 Å². The van der Waals surface area contributed by atoms with Crippen molar-refractivity contribution in [3.8, 4) is 17.5 Å². The summed E-state index contributed by atoms with van der Waals surface area (Å²) in [6.07, 6.45) is -12.0. The van der Waals surface area contributed by atoms with E-state index in [-0.39, 0.29) is 23.3 Å². The van der Waals surface area contributed by atoms with Gasteiger partial charge in [0.2, 0.25) is 0 Å². The highest BCUT2D eigenvalue weighted by Crippen LogP contribution is 2.50. The molecule has 5 nitrogen and oxygen atoms in total. The number of rotatable bonds is 4. The van der Waals surface area contributed by atoms with E-state index in [0.29, 0.717) is 23.2 Å². The van der Waals surface area contributed by atoms with Crippen molar-refractivity contribution in [1.29, 1.82) is 0 Å². The van der Waals surface area contributed by atoms with Gasteiger partial charge in [0, 0.05) is 17.5 Å². The Morgan fingerprint density at radius 2 is 1.45 bits per heavy atom. The van der Waals surface area contributed by atoms with Crippen LogP contribution in [0.5, 0.6) is 0 Å². The van der Waals surface area contributed by atoms with E-state index in [1.54, 1.807) is 42.5 Å². The van der Waals surface area contributed by atoms with E-state index in [2.05, 4.69) is 16.8 Å². The third kappa shape index (κ3) is 5.59. The van der Waals surface area contributed by atoms with Crippen molar-refractivity contribution in [2.24, 2.45) is 0 Å². The number of nitrogens with zero attached hydrogens (tertiary/aromatic N) is 2. The number of fused-ring (bicyclic) bond motifs is 1. The van der Waals surface area contributed by atoms with Crippen LogP contribution in [0.1, 0.15) is 36.4 Å². The highest BCUT2D eigenvalue weighted by molar-refractivity contribution is 5.80.